The summed E-state index contributed by atoms with van der Waals surface area (Å²) in [5, 5.41) is 15.8. The molecule has 0 saturated carbocycles. The number of nitrogens with two attached hydrogens (primary N) is 1. The zero-order valence-electron chi connectivity index (χ0n) is 10.7. The molecule has 0 amide bonds. The second kappa shape index (κ2) is 6.93. The maximum Gasteiger partial charge on any atom is 0.339 e. The van der Waals surface area contributed by atoms with Crippen LogP contribution in [0, 0.1) is 10.1 Å². The number of primary sulfonamides is 1. The van der Waals surface area contributed by atoms with E-state index >= 15 is 0 Å². The normalized spacial score (nSPS) is 11.2. The zero-order valence-corrected chi connectivity index (χ0v) is 13.1. The molecule has 9 nitrogen and oxygen atoms in total. The first-order valence-electron chi connectivity index (χ1n) is 5.35. The van der Waals surface area contributed by atoms with Crippen molar-refractivity contribution in [3.05, 3.63) is 32.3 Å². The van der Waals surface area contributed by atoms with Crippen LogP contribution in [-0.4, -0.2) is 39.6 Å². The predicted octanol–water partition coefficient (Wildman–Crippen LogP) is 0.808. The summed E-state index contributed by atoms with van der Waals surface area (Å²) in [6.45, 7) is 0.0372. The van der Waals surface area contributed by atoms with Crippen molar-refractivity contribution in [1.82, 2.24) is 0 Å². The summed E-state index contributed by atoms with van der Waals surface area (Å²) >= 11 is 2.90. The van der Waals surface area contributed by atoms with E-state index in [1.807, 2.05) is 0 Å². The van der Waals surface area contributed by atoms with Gasteiger partial charge in [-0.1, -0.05) is 0 Å². The number of carbonyl (C=O) groups excluding carboxylic acids is 1. The first-order valence-corrected chi connectivity index (χ1v) is 7.69. The van der Waals surface area contributed by atoms with Gasteiger partial charge in [-0.05, 0) is 15.9 Å². The Morgan fingerprint density at radius 2 is 2.05 bits per heavy atom. The average molecular weight is 383 g/mol. The average Bonchev–Trinajstić information content (AvgIpc) is 2.37. The number of halogens is 1. The molecule has 11 heteroatoms. The molecule has 0 saturated heterocycles. The second-order valence-electron chi connectivity index (χ2n) is 3.74. The Morgan fingerprint density at radius 3 is 2.52 bits per heavy atom. The Hall–Kier alpha value is -1.56. The number of ether oxygens (including phenoxy) is 2. The predicted molar refractivity (Wildman–Crippen MR) is 74.3 cm³/mol. The Bertz CT molecular complexity index is 674. The molecule has 116 valence electrons. The maximum atomic E-state index is 11.8. The van der Waals surface area contributed by atoms with Crippen molar-refractivity contribution >= 4 is 37.6 Å². The number of methoxy groups -OCH3 is 1. The van der Waals surface area contributed by atoms with Crippen molar-refractivity contribution in [3.63, 3.8) is 0 Å². The van der Waals surface area contributed by atoms with Crippen molar-refractivity contribution in [1.29, 1.82) is 0 Å². The van der Waals surface area contributed by atoms with Gasteiger partial charge in [-0.2, -0.15) is 0 Å². The smallest absolute Gasteiger partial charge is 0.339 e. The number of rotatable bonds is 6. The van der Waals surface area contributed by atoms with E-state index in [4.69, 9.17) is 9.88 Å². The molecule has 0 unspecified atom stereocenters. The fraction of sp³-hybridized carbons (Fsp3) is 0.300. The number of esters is 1. The topological polar surface area (TPSA) is 139 Å². The maximum absolute atomic E-state index is 11.8. The van der Waals surface area contributed by atoms with Gasteiger partial charge in [0.1, 0.15) is 11.5 Å². The van der Waals surface area contributed by atoms with Crippen LogP contribution in [0.4, 0.5) is 5.69 Å². The lowest BCUT2D eigenvalue weighted by atomic mass is 10.2. The number of nitrogens with zero attached hydrogens (tertiary/aromatic N) is 1. The van der Waals surface area contributed by atoms with Crippen LogP contribution in [0.15, 0.2) is 21.5 Å². The van der Waals surface area contributed by atoms with E-state index in [1.165, 1.54) is 7.11 Å². The van der Waals surface area contributed by atoms with Crippen LogP contribution < -0.4 is 5.14 Å². The highest BCUT2D eigenvalue weighted by Gasteiger charge is 2.25. The molecular formula is C10H11BrN2O7S. The number of nitro benzene ring substituents is 1. The van der Waals surface area contributed by atoms with Gasteiger partial charge in [-0.15, -0.1) is 0 Å². The zero-order chi connectivity index (χ0) is 16.2. The molecule has 0 aliphatic carbocycles. The second-order valence-corrected chi connectivity index (χ2v) is 6.06. The molecule has 1 aromatic carbocycles. The minimum atomic E-state index is -4.25. The van der Waals surface area contributed by atoms with E-state index in [9.17, 15) is 23.3 Å². The van der Waals surface area contributed by atoms with Crippen LogP contribution in [0.1, 0.15) is 10.4 Å². The lowest BCUT2D eigenvalue weighted by Crippen LogP contribution is -2.16. The van der Waals surface area contributed by atoms with Crippen molar-refractivity contribution in [2.24, 2.45) is 5.14 Å². The molecule has 0 aliphatic rings. The van der Waals surface area contributed by atoms with Crippen molar-refractivity contribution in [2.75, 3.05) is 20.3 Å². The van der Waals surface area contributed by atoms with E-state index in [2.05, 4.69) is 20.7 Å². The molecule has 0 aromatic heterocycles. The molecule has 1 rings (SSSR count). The molecule has 0 radical (unpaired) electrons. The minimum Gasteiger partial charge on any atom is -0.460 e. The number of hydrogen-bond acceptors (Lipinski definition) is 7. The number of sulfonamides is 1. The van der Waals surface area contributed by atoms with E-state index in [-0.39, 0.29) is 23.2 Å². The molecule has 2 N–H and O–H groups in total. The number of non-ortho nitro benzene ring substituents is 1. The molecular weight excluding hydrogens is 372 g/mol. The van der Waals surface area contributed by atoms with Gasteiger partial charge in [0.05, 0.1) is 21.6 Å². The Kier molecular flexibility index (Phi) is 5.78. The highest BCUT2D eigenvalue weighted by Crippen LogP contribution is 2.30. The largest absolute Gasteiger partial charge is 0.460 e. The van der Waals surface area contributed by atoms with Gasteiger partial charge < -0.3 is 9.47 Å². The van der Waals surface area contributed by atoms with Gasteiger partial charge in [0.2, 0.25) is 10.0 Å². The molecule has 0 fully saturated rings. The number of benzene rings is 1. The van der Waals surface area contributed by atoms with E-state index in [0.29, 0.717) is 0 Å². The molecule has 0 aliphatic heterocycles. The number of carbonyl (C=O) groups is 1. The van der Waals surface area contributed by atoms with Gasteiger partial charge in [0.25, 0.3) is 5.69 Å². The van der Waals surface area contributed by atoms with Crippen LogP contribution in [0.25, 0.3) is 0 Å². The van der Waals surface area contributed by atoms with Gasteiger partial charge in [-0.3, -0.25) is 10.1 Å². The lowest BCUT2D eigenvalue weighted by Gasteiger charge is -2.09. The van der Waals surface area contributed by atoms with Crippen molar-refractivity contribution in [3.8, 4) is 0 Å². The van der Waals surface area contributed by atoms with Crippen LogP contribution in [0.5, 0.6) is 0 Å². The highest BCUT2D eigenvalue weighted by atomic mass is 79.9. The quantitative estimate of drug-likeness (QED) is 0.332. The van der Waals surface area contributed by atoms with Crippen LogP contribution in [-0.2, 0) is 19.5 Å². The summed E-state index contributed by atoms with van der Waals surface area (Å²) in [6.07, 6.45) is 0. The summed E-state index contributed by atoms with van der Waals surface area (Å²) in [5.41, 5.74) is -0.912. The lowest BCUT2D eigenvalue weighted by molar-refractivity contribution is -0.385. The third kappa shape index (κ3) is 4.46. The summed E-state index contributed by atoms with van der Waals surface area (Å²) in [7, 11) is -2.86. The van der Waals surface area contributed by atoms with E-state index < -0.39 is 31.5 Å². The van der Waals surface area contributed by atoms with Gasteiger partial charge >= 0.3 is 5.97 Å². The van der Waals surface area contributed by atoms with Crippen molar-refractivity contribution in [2.45, 2.75) is 4.90 Å². The third-order valence-corrected chi connectivity index (χ3v) is 4.33. The monoisotopic (exact) mass is 382 g/mol. The number of hydrogen-bond donors (Lipinski definition) is 1. The summed E-state index contributed by atoms with van der Waals surface area (Å²) in [4.78, 5) is 21.2. The molecule has 0 bridgehead atoms. The van der Waals surface area contributed by atoms with Crippen LogP contribution in [0.2, 0.25) is 0 Å². The SMILES string of the molecule is COCCOC(=O)c1cc([N+](=O)[O-])cc(S(N)(=O)=O)c1Br. The number of nitro groups is 1. The van der Waals surface area contributed by atoms with Gasteiger partial charge in [0, 0.05) is 19.2 Å². The first kappa shape index (κ1) is 17.5. The molecule has 0 heterocycles. The minimum absolute atomic E-state index is 0.0881. The standard InChI is InChI=1S/C10H11BrN2O7S/c1-19-2-3-20-10(14)7-4-6(13(15)16)5-8(9(7)11)21(12,17)18/h4-5H,2-3H2,1H3,(H2,12,17,18). The first-order chi connectivity index (χ1) is 9.68. The van der Waals surface area contributed by atoms with E-state index in [1.54, 1.807) is 0 Å². The fourth-order valence-electron chi connectivity index (χ4n) is 1.34. The Labute approximate surface area is 128 Å². The molecule has 0 atom stereocenters. The fourth-order valence-corrected chi connectivity index (χ4v) is 3.05. The van der Waals surface area contributed by atoms with Gasteiger partial charge in [0.15, 0.2) is 0 Å². The van der Waals surface area contributed by atoms with Crippen LogP contribution in [0.3, 0.4) is 0 Å². The highest BCUT2D eigenvalue weighted by molar-refractivity contribution is 9.10. The van der Waals surface area contributed by atoms with Gasteiger partial charge in [-0.25, -0.2) is 18.4 Å². The molecule has 0 spiro atoms. The molecule has 21 heavy (non-hydrogen) atoms. The summed E-state index contributed by atoms with van der Waals surface area (Å²) in [5.74, 6) is -0.937. The van der Waals surface area contributed by atoms with Crippen molar-refractivity contribution < 1.29 is 27.6 Å². The summed E-state index contributed by atoms with van der Waals surface area (Å²) < 4.78 is 32.1. The van der Waals surface area contributed by atoms with E-state index in [0.717, 1.165) is 12.1 Å². The Balaban J connectivity index is 3.34. The Morgan fingerprint density at radius 1 is 1.43 bits per heavy atom. The molecule has 1 aromatic rings. The summed E-state index contributed by atoms with van der Waals surface area (Å²) in [6, 6.07) is 1.65. The third-order valence-electron chi connectivity index (χ3n) is 2.28. The van der Waals surface area contributed by atoms with Crippen LogP contribution >= 0.6 is 15.9 Å².